The normalized spacial score (nSPS) is 27.3. The first kappa shape index (κ1) is 35.3. The first-order valence-electron chi connectivity index (χ1n) is 18.0. The molecule has 0 radical (unpaired) electrons. The topological polar surface area (TPSA) is 153 Å². The van der Waals surface area contributed by atoms with Crippen LogP contribution in [0.4, 0.5) is 4.79 Å². The Kier molecular flexibility index (Phi) is 10.4. The molecular weight excluding hydrogens is 638 g/mol. The highest BCUT2D eigenvalue weighted by Gasteiger charge is 2.43. The summed E-state index contributed by atoms with van der Waals surface area (Å²) < 4.78 is 5.82. The lowest BCUT2D eigenvalue weighted by molar-refractivity contribution is -0.157. The zero-order chi connectivity index (χ0) is 35.6. The van der Waals surface area contributed by atoms with E-state index in [-0.39, 0.29) is 17.9 Å². The van der Waals surface area contributed by atoms with E-state index in [1.807, 2.05) is 66.1 Å². The molecule has 5 bridgehead atoms. The third kappa shape index (κ3) is 7.47. The van der Waals surface area contributed by atoms with E-state index in [1.165, 1.54) is 5.01 Å². The lowest BCUT2D eigenvalue weighted by atomic mass is 9.76. The standard InChI is InChI=1S/C37H49N7O6/c1-23(2)31-32(45)38-24(3)33(46)44-19-7-8-29(41-44)34(47)50-25(4)28-12-11-27-10-9-26(22-30(27)39-28)13-14-37(35(48)40-31)15-20-43(21-16-37)36(49)42-17-5-6-18-42/h9-14,22-25,29,31,41H,5-8,15-21H2,1-4H3,(H,38,45)(H,40,48)/b14-13+/t24-,25+,29-,31-/m0/s1. The second-order valence-electron chi connectivity index (χ2n) is 14.5. The lowest BCUT2D eigenvalue weighted by Crippen LogP contribution is -2.61. The van der Waals surface area contributed by atoms with Gasteiger partial charge in [-0.3, -0.25) is 24.2 Å². The van der Waals surface area contributed by atoms with Crippen molar-refractivity contribution in [3.8, 4) is 0 Å². The molecule has 0 unspecified atom stereocenters. The van der Waals surface area contributed by atoms with Crippen LogP contribution < -0.4 is 16.1 Å². The molecule has 4 aliphatic rings. The first-order chi connectivity index (χ1) is 23.9. The van der Waals surface area contributed by atoms with Crippen LogP contribution in [0.5, 0.6) is 0 Å². The molecule has 0 saturated carbocycles. The molecule has 50 heavy (non-hydrogen) atoms. The summed E-state index contributed by atoms with van der Waals surface area (Å²) >= 11 is 0. The summed E-state index contributed by atoms with van der Waals surface area (Å²) in [6.07, 6.45) is 7.00. The van der Waals surface area contributed by atoms with Crippen molar-refractivity contribution < 1.29 is 28.7 Å². The Balaban J connectivity index is 1.34. The molecule has 13 nitrogen and oxygen atoms in total. The third-order valence-electron chi connectivity index (χ3n) is 10.5. The minimum Gasteiger partial charge on any atom is -0.455 e. The van der Waals surface area contributed by atoms with E-state index >= 15 is 0 Å². The van der Waals surface area contributed by atoms with Crippen LogP contribution in [0, 0.1) is 11.3 Å². The minimum absolute atomic E-state index is 0.00775. The number of urea groups is 1. The van der Waals surface area contributed by atoms with Gasteiger partial charge in [-0.25, -0.2) is 15.2 Å². The molecule has 13 heteroatoms. The first-order valence-corrected chi connectivity index (χ1v) is 18.0. The monoisotopic (exact) mass is 687 g/mol. The number of fused-ring (bicyclic) bond motifs is 4. The molecule has 5 amide bonds. The molecule has 1 spiro atoms. The van der Waals surface area contributed by atoms with Crippen molar-refractivity contribution in [3.05, 3.63) is 47.7 Å². The van der Waals surface area contributed by atoms with Gasteiger partial charge in [0.05, 0.1) is 16.6 Å². The Bertz CT molecular complexity index is 1660. The van der Waals surface area contributed by atoms with Gasteiger partial charge >= 0.3 is 12.0 Å². The molecular formula is C37H49N7O6. The Morgan fingerprint density at radius 1 is 0.920 bits per heavy atom. The molecule has 268 valence electrons. The van der Waals surface area contributed by atoms with Crippen LogP contribution in [0.1, 0.15) is 83.6 Å². The molecule has 3 saturated heterocycles. The Hall–Kier alpha value is -4.52. The van der Waals surface area contributed by atoms with Crippen LogP contribution >= 0.6 is 0 Å². The van der Waals surface area contributed by atoms with E-state index in [4.69, 9.17) is 9.72 Å². The van der Waals surface area contributed by atoms with Crippen molar-refractivity contribution in [1.82, 2.24) is 35.9 Å². The number of rotatable bonds is 1. The van der Waals surface area contributed by atoms with Gasteiger partial charge in [0.25, 0.3) is 5.91 Å². The fourth-order valence-corrected chi connectivity index (χ4v) is 7.26. The Labute approximate surface area is 293 Å². The van der Waals surface area contributed by atoms with E-state index in [0.29, 0.717) is 56.5 Å². The van der Waals surface area contributed by atoms with E-state index in [1.54, 1.807) is 13.8 Å². The maximum absolute atomic E-state index is 14.4. The number of ether oxygens (including phenoxy) is 1. The van der Waals surface area contributed by atoms with Gasteiger partial charge in [0.1, 0.15) is 24.2 Å². The lowest BCUT2D eigenvalue weighted by Gasteiger charge is -2.41. The van der Waals surface area contributed by atoms with Crippen LogP contribution in [0.15, 0.2) is 36.4 Å². The summed E-state index contributed by atoms with van der Waals surface area (Å²) in [6, 6.07) is 7.05. The van der Waals surface area contributed by atoms with Gasteiger partial charge in [-0.15, -0.1) is 0 Å². The van der Waals surface area contributed by atoms with Crippen LogP contribution in [0.2, 0.25) is 0 Å². The van der Waals surface area contributed by atoms with Crippen LogP contribution in [0.25, 0.3) is 17.0 Å². The predicted molar refractivity (Wildman–Crippen MR) is 187 cm³/mol. The molecule has 5 heterocycles. The number of cyclic esters (lactones) is 1. The number of hydrogen-bond acceptors (Lipinski definition) is 8. The van der Waals surface area contributed by atoms with Crippen molar-refractivity contribution in [2.45, 2.75) is 90.4 Å². The maximum atomic E-state index is 14.4. The number of carbonyl (C=O) groups is 5. The summed E-state index contributed by atoms with van der Waals surface area (Å²) in [5, 5.41) is 8.10. The minimum atomic E-state index is -0.991. The summed E-state index contributed by atoms with van der Waals surface area (Å²) in [6.45, 7) is 9.72. The number of hydrazine groups is 1. The maximum Gasteiger partial charge on any atom is 0.325 e. The molecule has 2 aromatic rings. The van der Waals surface area contributed by atoms with Gasteiger partial charge in [-0.1, -0.05) is 44.2 Å². The van der Waals surface area contributed by atoms with Crippen molar-refractivity contribution >= 4 is 46.7 Å². The molecule has 4 aliphatic heterocycles. The number of esters is 1. The highest BCUT2D eigenvalue weighted by Crippen LogP contribution is 2.36. The molecule has 0 aliphatic carbocycles. The van der Waals surface area contributed by atoms with Crippen molar-refractivity contribution in [1.29, 1.82) is 0 Å². The Morgan fingerprint density at radius 2 is 1.62 bits per heavy atom. The van der Waals surface area contributed by atoms with E-state index in [9.17, 15) is 24.0 Å². The highest BCUT2D eigenvalue weighted by atomic mass is 16.5. The van der Waals surface area contributed by atoms with Gasteiger partial charge in [0.2, 0.25) is 11.8 Å². The average Bonchev–Trinajstić information content (AvgIpc) is 3.67. The molecule has 6 rings (SSSR count). The van der Waals surface area contributed by atoms with E-state index in [2.05, 4.69) is 16.1 Å². The van der Waals surface area contributed by atoms with Crippen molar-refractivity contribution in [2.75, 3.05) is 32.7 Å². The average molecular weight is 688 g/mol. The fraction of sp³-hybridized carbons (Fsp3) is 0.568. The van der Waals surface area contributed by atoms with Gasteiger partial charge in [0, 0.05) is 38.1 Å². The van der Waals surface area contributed by atoms with Gasteiger partial charge < -0.3 is 25.2 Å². The van der Waals surface area contributed by atoms with Crippen molar-refractivity contribution in [2.24, 2.45) is 11.3 Å². The van der Waals surface area contributed by atoms with Gasteiger partial charge in [-0.05, 0) is 76.0 Å². The largest absolute Gasteiger partial charge is 0.455 e. The predicted octanol–water partition coefficient (Wildman–Crippen LogP) is 3.30. The van der Waals surface area contributed by atoms with Gasteiger partial charge in [0.15, 0.2) is 0 Å². The van der Waals surface area contributed by atoms with Crippen LogP contribution in [0.3, 0.4) is 0 Å². The summed E-state index contributed by atoms with van der Waals surface area (Å²) in [5.41, 5.74) is 4.14. The molecule has 4 atom stereocenters. The number of benzene rings is 1. The zero-order valence-electron chi connectivity index (χ0n) is 29.4. The SMILES string of the molecule is CC(C)[C@@H]1NC(=O)C2(/C=C/c3ccc4ccc(nc4c3)[C@@H](C)OC(=O)[C@@H]3CCCN(N3)C(=O)[C@H](C)NC1=O)CCN(C(=O)N1CCCC1)CC2. The summed E-state index contributed by atoms with van der Waals surface area (Å²) in [7, 11) is 0. The number of nitrogens with one attached hydrogen (secondary N) is 3. The second-order valence-corrected chi connectivity index (χ2v) is 14.5. The summed E-state index contributed by atoms with van der Waals surface area (Å²) in [5.74, 6) is -1.94. The second kappa shape index (κ2) is 14.8. The number of piperidine rings is 1. The number of likely N-dealkylation sites (tertiary alicyclic amines) is 2. The number of amides is 5. The molecule has 1 aromatic carbocycles. The number of pyridine rings is 1. The number of nitrogens with zero attached hydrogens (tertiary/aromatic N) is 4. The summed E-state index contributed by atoms with van der Waals surface area (Å²) in [4.78, 5) is 76.5. The quantitative estimate of drug-likeness (QED) is 0.386. The third-order valence-corrected chi connectivity index (χ3v) is 10.5. The molecule has 3 fully saturated rings. The smallest absolute Gasteiger partial charge is 0.325 e. The number of aromatic nitrogens is 1. The van der Waals surface area contributed by atoms with E-state index < -0.39 is 47.4 Å². The molecule has 3 N–H and O–H groups in total. The van der Waals surface area contributed by atoms with Gasteiger partial charge in [-0.2, -0.15) is 0 Å². The van der Waals surface area contributed by atoms with Crippen LogP contribution in [-0.2, 0) is 23.9 Å². The molecule has 1 aromatic heterocycles. The zero-order valence-corrected chi connectivity index (χ0v) is 29.4. The number of hydrogen-bond donors (Lipinski definition) is 3. The Morgan fingerprint density at radius 3 is 2.34 bits per heavy atom. The fourth-order valence-electron chi connectivity index (χ4n) is 7.26. The highest BCUT2D eigenvalue weighted by molar-refractivity contribution is 5.94. The van der Waals surface area contributed by atoms with Crippen LogP contribution in [-0.4, -0.2) is 100 Å². The number of carbonyl (C=O) groups excluding carboxylic acids is 5. The van der Waals surface area contributed by atoms with Crippen molar-refractivity contribution in [3.63, 3.8) is 0 Å². The van der Waals surface area contributed by atoms with E-state index in [0.717, 1.165) is 36.9 Å².